The fraction of sp³-hybridized carbons (Fsp3) is 0.429. The molecule has 2 aromatic heterocycles. The number of aromatic nitrogens is 2. The van der Waals surface area contributed by atoms with E-state index in [9.17, 15) is 0 Å². The van der Waals surface area contributed by atoms with Crippen LogP contribution in [0.3, 0.4) is 0 Å². The van der Waals surface area contributed by atoms with Crippen molar-refractivity contribution in [3.8, 4) is 11.3 Å². The molecule has 0 fully saturated rings. The van der Waals surface area contributed by atoms with Gasteiger partial charge in [0.2, 0.25) is 5.95 Å². The number of nitrogens with two attached hydrogens (primary N) is 1. The summed E-state index contributed by atoms with van der Waals surface area (Å²) < 4.78 is 5.52. The van der Waals surface area contributed by atoms with Crippen LogP contribution in [0, 0.1) is 12.3 Å². The maximum absolute atomic E-state index is 5.68. The quantitative estimate of drug-likeness (QED) is 0.863. The van der Waals surface area contributed by atoms with E-state index in [1.807, 2.05) is 19.1 Å². The summed E-state index contributed by atoms with van der Waals surface area (Å²) in [6, 6.07) is 3.84. The first kappa shape index (κ1) is 13.5. The lowest BCUT2D eigenvalue weighted by Crippen LogP contribution is -2.31. The number of furan rings is 1. The number of nitrogens with one attached hydrogen (secondary N) is 1. The van der Waals surface area contributed by atoms with Gasteiger partial charge in [-0.05, 0) is 31.0 Å². The van der Waals surface area contributed by atoms with Crippen molar-refractivity contribution in [1.82, 2.24) is 9.97 Å². The van der Waals surface area contributed by atoms with Crippen LogP contribution in [-0.2, 0) is 0 Å². The highest BCUT2D eigenvalue weighted by Crippen LogP contribution is 2.21. The Labute approximate surface area is 113 Å². The minimum Gasteiger partial charge on any atom is -0.461 e. The fourth-order valence-electron chi connectivity index (χ4n) is 1.53. The van der Waals surface area contributed by atoms with Crippen molar-refractivity contribution in [3.05, 3.63) is 30.3 Å². The lowest BCUT2D eigenvalue weighted by molar-refractivity contribution is 0.404. The highest BCUT2D eigenvalue weighted by molar-refractivity contribution is 5.55. The molecule has 0 radical (unpaired) electrons. The molecule has 0 saturated carbocycles. The maximum Gasteiger partial charge on any atom is 0.222 e. The smallest absolute Gasteiger partial charge is 0.222 e. The Bertz CT molecular complexity index is 531. The Hall–Kier alpha value is -1.88. The van der Waals surface area contributed by atoms with Crippen molar-refractivity contribution in [3.63, 3.8) is 0 Å². The molecule has 102 valence electrons. The van der Waals surface area contributed by atoms with Gasteiger partial charge in [0.15, 0.2) is 0 Å². The average Bonchev–Trinajstić information content (AvgIpc) is 2.84. The summed E-state index contributed by atoms with van der Waals surface area (Å²) in [6.07, 6.45) is 3.51. The molecule has 0 spiro atoms. The van der Waals surface area contributed by atoms with Crippen LogP contribution >= 0.6 is 0 Å². The van der Waals surface area contributed by atoms with Crippen molar-refractivity contribution >= 4 is 5.95 Å². The van der Waals surface area contributed by atoms with Crippen LogP contribution in [0.4, 0.5) is 5.95 Å². The molecule has 2 heterocycles. The van der Waals surface area contributed by atoms with Crippen molar-refractivity contribution in [2.75, 3.05) is 18.4 Å². The standard InChI is InChI=1S/C14H20N4O/c1-10-4-5-12(19-10)11-6-16-13(17-7-11)18-9-14(2,3)8-15/h4-7H,8-9,15H2,1-3H3,(H,16,17,18). The minimum atomic E-state index is 0.0279. The topological polar surface area (TPSA) is 77.0 Å². The zero-order chi connectivity index (χ0) is 13.9. The molecule has 5 heteroatoms. The average molecular weight is 260 g/mol. The zero-order valence-electron chi connectivity index (χ0n) is 11.6. The van der Waals surface area contributed by atoms with E-state index in [4.69, 9.17) is 10.2 Å². The van der Waals surface area contributed by atoms with Gasteiger partial charge in [0.25, 0.3) is 0 Å². The van der Waals surface area contributed by atoms with Crippen molar-refractivity contribution in [1.29, 1.82) is 0 Å². The predicted molar refractivity (Wildman–Crippen MR) is 75.8 cm³/mol. The molecule has 0 amide bonds. The van der Waals surface area contributed by atoms with Gasteiger partial charge < -0.3 is 15.5 Å². The number of hydrogen-bond acceptors (Lipinski definition) is 5. The van der Waals surface area contributed by atoms with Gasteiger partial charge in [-0.2, -0.15) is 0 Å². The molecular formula is C14H20N4O. The number of rotatable bonds is 5. The summed E-state index contributed by atoms with van der Waals surface area (Å²) >= 11 is 0. The molecule has 0 bridgehead atoms. The molecule has 5 nitrogen and oxygen atoms in total. The van der Waals surface area contributed by atoms with Crippen LogP contribution in [0.1, 0.15) is 19.6 Å². The zero-order valence-corrected chi connectivity index (χ0v) is 11.6. The molecule has 0 saturated heterocycles. The van der Waals surface area contributed by atoms with Gasteiger partial charge in [-0.15, -0.1) is 0 Å². The predicted octanol–water partition coefficient (Wildman–Crippen LogP) is 2.44. The van der Waals surface area contributed by atoms with Crippen molar-refractivity contribution < 1.29 is 4.42 Å². The van der Waals surface area contributed by atoms with E-state index in [2.05, 4.69) is 29.1 Å². The Morgan fingerprint density at radius 2 is 1.95 bits per heavy atom. The highest BCUT2D eigenvalue weighted by Gasteiger charge is 2.15. The fourth-order valence-corrected chi connectivity index (χ4v) is 1.53. The first-order valence-electron chi connectivity index (χ1n) is 6.33. The normalized spacial score (nSPS) is 11.6. The summed E-state index contributed by atoms with van der Waals surface area (Å²) in [5.41, 5.74) is 6.58. The lowest BCUT2D eigenvalue weighted by atomic mass is 9.94. The van der Waals surface area contributed by atoms with Crippen LogP contribution in [0.5, 0.6) is 0 Å². The largest absolute Gasteiger partial charge is 0.461 e. The Kier molecular flexibility index (Phi) is 3.85. The third kappa shape index (κ3) is 3.54. The van der Waals surface area contributed by atoms with E-state index >= 15 is 0 Å². The summed E-state index contributed by atoms with van der Waals surface area (Å²) in [5, 5.41) is 3.19. The van der Waals surface area contributed by atoms with Crippen molar-refractivity contribution in [2.45, 2.75) is 20.8 Å². The van der Waals surface area contributed by atoms with E-state index < -0.39 is 0 Å². The van der Waals surface area contributed by atoms with Gasteiger partial charge in [0, 0.05) is 18.9 Å². The van der Waals surface area contributed by atoms with Crippen LogP contribution in [-0.4, -0.2) is 23.1 Å². The molecule has 3 N–H and O–H groups in total. The molecule has 0 unspecified atom stereocenters. The second kappa shape index (κ2) is 5.40. The van der Waals surface area contributed by atoms with Gasteiger partial charge in [0.05, 0.1) is 5.56 Å². The van der Waals surface area contributed by atoms with Gasteiger partial charge >= 0.3 is 0 Å². The molecule has 0 aliphatic rings. The monoisotopic (exact) mass is 260 g/mol. The molecule has 19 heavy (non-hydrogen) atoms. The van der Waals surface area contributed by atoms with Crippen LogP contribution in [0.15, 0.2) is 28.9 Å². The third-order valence-electron chi connectivity index (χ3n) is 2.95. The molecule has 0 aliphatic heterocycles. The van der Waals surface area contributed by atoms with Gasteiger partial charge in [-0.3, -0.25) is 0 Å². The first-order chi connectivity index (χ1) is 9.00. The third-order valence-corrected chi connectivity index (χ3v) is 2.95. The molecule has 2 rings (SSSR count). The molecule has 2 aromatic rings. The summed E-state index contributed by atoms with van der Waals surface area (Å²) in [4.78, 5) is 8.56. The molecule has 0 atom stereocenters. The summed E-state index contributed by atoms with van der Waals surface area (Å²) in [5.74, 6) is 2.27. The number of nitrogens with zero attached hydrogens (tertiary/aromatic N) is 2. The lowest BCUT2D eigenvalue weighted by Gasteiger charge is -2.22. The van der Waals surface area contributed by atoms with Gasteiger partial charge in [-0.25, -0.2) is 9.97 Å². The van der Waals surface area contributed by atoms with E-state index in [1.54, 1.807) is 12.4 Å². The molecular weight excluding hydrogens is 240 g/mol. The van der Waals surface area contributed by atoms with Crippen molar-refractivity contribution in [2.24, 2.45) is 11.1 Å². The van der Waals surface area contributed by atoms with E-state index in [-0.39, 0.29) is 5.41 Å². The molecule has 0 aromatic carbocycles. The Morgan fingerprint density at radius 3 is 2.47 bits per heavy atom. The minimum absolute atomic E-state index is 0.0279. The van der Waals surface area contributed by atoms with Crippen LogP contribution in [0.2, 0.25) is 0 Å². The number of anilines is 1. The summed E-state index contributed by atoms with van der Waals surface area (Å²) in [6.45, 7) is 7.46. The number of hydrogen-bond donors (Lipinski definition) is 2. The van der Waals surface area contributed by atoms with Crippen LogP contribution in [0.25, 0.3) is 11.3 Å². The van der Waals surface area contributed by atoms with Crippen LogP contribution < -0.4 is 11.1 Å². The molecule has 0 aliphatic carbocycles. The second-order valence-electron chi connectivity index (χ2n) is 5.43. The Morgan fingerprint density at radius 1 is 1.26 bits per heavy atom. The van der Waals surface area contributed by atoms with E-state index in [0.717, 1.165) is 23.6 Å². The highest BCUT2D eigenvalue weighted by atomic mass is 16.3. The van der Waals surface area contributed by atoms with Gasteiger partial charge in [0.1, 0.15) is 11.5 Å². The maximum atomic E-state index is 5.68. The summed E-state index contributed by atoms with van der Waals surface area (Å²) in [7, 11) is 0. The second-order valence-corrected chi connectivity index (χ2v) is 5.43. The van der Waals surface area contributed by atoms with E-state index in [0.29, 0.717) is 12.5 Å². The SMILES string of the molecule is Cc1ccc(-c2cnc(NCC(C)(C)CN)nc2)o1. The first-order valence-corrected chi connectivity index (χ1v) is 6.33. The van der Waals surface area contributed by atoms with Gasteiger partial charge in [-0.1, -0.05) is 13.8 Å². The Balaban J connectivity index is 2.03. The van der Waals surface area contributed by atoms with E-state index in [1.165, 1.54) is 0 Å². The number of aryl methyl sites for hydroxylation is 1.